The number of esters is 1. The second-order valence-corrected chi connectivity index (χ2v) is 3.65. The molecule has 17 heavy (non-hydrogen) atoms. The minimum atomic E-state index is -0.499. The minimum absolute atomic E-state index is 0.281. The SMILES string of the molecule is COC(=O)c1c(C)[nH]c2c(F)cc(OC)cc12. The van der Waals surface area contributed by atoms with Gasteiger partial charge in [-0.25, -0.2) is 9.18 Å². The van der Waals surface area contributed by atoms with Gasteiger partial charge in [0.15, 0.2) is 5.82 Å². The van der Waals surface area contributed by atoms with Crippen molar-refractivity contribution in [1.82, 2.24) is 4.98 Å². The number of carbonyl (C=O) groups is 1. The molecule has 90 valence electrons. The molecular formula is C12H12FNO3. The van der Waals surface area contributed by atoms with Gasteiger partial charge in [-0.15, -0.1) is 0 Å². The number of hydrogen-bond acceptors (Lipinski definition) is 3. The van der Waals surface area contributed by atoms with E-state index in [-0.39, 0.29) is 5.52 Å². The summed E-state index contributed by atoms with van der Waals surface area (Å²) in [5.74, 6) is -0.599. The van der Waals surface area contributed by atoms with Crippen LogP contribution in [0.4, 0.5) is 4.39 Å². The summed E-state index contributed by atoms with van der Waals surface area (Å²) >= 11 is 0. The number of fused-ring (bicyclic) bond motifs is 1. The zero-order valence-corrected chi connectivity index (χ0v) is 9.76. The smallest absolute Gasteiger partial charge is 0.340 e. The number of H-pyrrole nitrogens is 1. The fourth-order valence-corrected chi connectivity index (χ4v) is 1.84. The summed E-state index contributed by atoms with van der Waals surface area (Å²) in [4.78, 5) is 14.4. The fraction of sp³-hybridized carbons (Fsp3) is 0.250. The molecule has 5 heteroatoms. The van der Waals surface area contributed by atoms with Gasteiger partial charge in [-0.05, 0) is 13.0 Å². The topological polar surface area (TPSA) is 51.3 Å². The maximum Gasteiger partial charge on any atom is 0.340 e. The van der Waals surface area contributed by atoms with Gasteiger partial charge in [0.1, 0.15) is 5.75 Å². The number of benzene rings is 1. The van der Waals surface area contributed by atoms with Crippen molar-refractivity contribution in [2.24, 2.45) is 0 Å². The molecule has 0 aliphatic heterocycles. The Morgan fingerprint density at radius 3 is 2.65 bits per heavy atom. The maximum absolute atomic E-state index is 13.7. The molecule has 0 saturated carbocycles. The van der Waals surface area contributed by atoms with Gasteiger partial charge in [-0.2, -0.15) is 0 Å². The first-order valence-electron chi connectivity index (χ1n) is 5.02. The van der Waals surface area contributed by atoms with E-state index >= 15 is 0 Å². The van der Waals surface area contributed by atoms with Crippen LogP contribution in [0.25, 0.3) is 10.9 Å². The summed E-state index contributed by atoms with van der Waals surface area (Å²) in [6, 6.07) is 2.87. The number of carbonyl (C=O) groups excluding carboxylic acids is 1. The van der Waals surface area contributed by atoms with E-state index in [2.05, 4.69) is 9.72 Å². The Morgan fingerprint density at radius 2 is 2.06 bits per heavy atom. The molecule has 2 aromatic rings. The summed E-state index contributed by atoms with van der Waals surface area (Å²) in [6.07, 6.45) is 0. The standard InChI is InChI=1S/C12H12FNO3/c1-6-10(12(15)17-3)8-4-7(16-2)5-9(13)11(8)14-6/h4-5,14H,1-3H3. The Kier molecular flexibility index (Phi) is 2.75. The third-order valence-electron chi connectivity index (χ3n) is 2.65. The Hall–Kier alpha value is -2.04. The van der Waals surface area contributed by atoms with Crippen LogP contribution < -0.4 is 4.74 Å². The van der Waals surface area contributed by atoms with E-state index in [9.17, 15) is 9.18 Å². The second-order valence-electron chi connectivity index (χ2n) is 3.65. The fourth-order valence-electron chi connectivity index (χ4n) is 1.84. The van der Waals surface area contributed by atoms with Crippen LogP contribution in [-0.4, -0.2) is 25.2 Å². The molecule has 0 amide bonds. The van der Waals surface area contributed by atoms with Crippen molar-refractivity contribution in [2.75, 3.05) is 14.2 Å². The molecule has 0 unspecified atom stereocenters. The predicted molar refractivity (Wildman–Crippen MR) is 60.9 cm³/mol. The van der Waals surface area contributed by atoms with Gasteiger partial charge in [0.25, 0.3) is 0 Å². The number of ether oxygens (including phenoxy) is 2. The number of methoxy groups -OCH3 is 2. The third-order valence-corrected chi connectivity index (χ3v) is 2.65. The van der Waals surface area contributed by atoms with E-state index in [1.54, 1.807) is 13.0 Å². The average Bonchev–Trinajstić information content (AvgIpc) is 2.65. The number of aromatic nitrogens is 1. The van der Waals surface area contributed by atoms with Crippen LogP contribution in [0.2, 0.25) is 0 Å². The number of aromatic amines is 1. The molecule has 0 aliphatic carbocycles. The Labute approximate surface area is 97.3 Å². The lowest BCUT2D eigenvalue weighted by Gasteiger charge is -2.02. The van der Waals surface area contributed by atoms with Gasteiger partial charge in [0.2, 0.25) is 0 Å². The molecule has 0 bridgehead atoms. The van der Waals surface area contributed by atoms with Crippen molar-refractivity contribution in [1.29, 1.82) is 0 Å². The normalized spacial score (nSPS) is 10.6. The highest BCUT2D eigenvalue weighted by Gasteiger charge is 2.19. The summed E-state index contributed by atoms with van der Waals surface area (Å²) in [7, 11) is 2.73. The third kappa shape index (κ3) is 1.73. The van der Waals surface area contributed by atoms with Crippen LogP contribution in [0, 0.1) is 12.7 Å². The summed E-state index contributed by atoms with van der Waals surface area (Å²) in [5.41, 5.74) is 1.18. The molecule has 0 saturated heterocycles. The second kappa shape index (κ2) is 4.08. The van der Waals surface area contributed by atoms with E-state index in [4.69, 9.17) is 4.74 Å². The first-order valence-corrected chi connectivity index (χ1v) is 5.02. The Morgan fingerprint density at radius 1 is 1.35 bits per heavy atom. The maximum atomic E-state index is 13.7. The van der Waals surface area contributed by atoms with Gasteiger partial charge in [0, 0.05) is 17.1 Å². The van der Waals surface area contributed by atoms with Gasteiger partial charge >= 0.3 is 5.97 Å². The summed E-state index contributed by atoms with van der Waals surface area (Å²) < 4.78 is 23.4. The molecule has 4 nitrogen and oxygen atoms in total. The number of hydrogen-bond donors (Lipinski definition) is 1. The molecule has 0 radical (unpaired) electrons. The lowest BCUT2D eigenvalue weighted by atomic mass is 10.1. The molecule has 0 atom stereocenters. The first kappa shape index (κ1) is 11.4. The summed E-state index contributed by atoms with van der Waals surface area (Å²) in [5, 5.41) is 0.464. The number of rotatable bonds is 2. The molecule has 2 rings (SSSR count). The zero-order chi connectivity index (χ0) is 12.6. The highest BCUT2D eigenvalue weighted by atomic mass is 19.1. The van der Waals surface area contributed by atoms with Crippen LogP contribution in [0.1, 0.15) is 16.1 Å². The van der Waals surface area contributed by atoms with Crippen molar-refractivity contribution in [3.8, 4) is 5.75 Å². The quantitative estimate of drug-likeness (QED) is 0.816. The van der Waals surface area contributed by atoms with Gasteiger partial charge in [-0.3, -0.25) is 0 Å². The molecule has 1 N–H and O–H groups in total. The Balaban J connectivity index is 2.79. The number of halogens is 1. The van der Waals surface area contributed by atoms with Crippen LogP contribution in [-0.2, 0) is 4.74 Å². The van der Waals surface area contributed by atoms with Gasteiger partial charge in [0.05, 0.1) is 25.3 Å². The van der Waals surface area contributed by atoms with E-state index in [1.807, 2.05) is 0 Å². The number of nitrogens with one attached hydrogen (secondary N) is 1. The Bertz CT molecular complexity index is 589. The molecule has 1 heterocycles. The molecule has 0 fully saturated rings. The molecule has 0 spiro atoms. The molecule has 1 aromatic heterocycles. The number of aryl methyl sites for hydroxylation is 1. The lowest BCUT2D eigenvalue weighted by Crippen LogP contribution is -2.02. The highest BCUT2D eigenvalue weighted by molar-refractivity contribution is 6.06. The zero-order valence-electron chi connectivity index (χ0n) is 9.76. The lowest BCUT2D eigenvalue weighted by molar-refractivity contribution is 0.0602. The van der Waals surface area contributed by atoms with Gasteiger partial charge < -0.3 is 14.5 Å². The van der Waals surface area contributed by atoms with E-state index in [0.717, 1.165) is 0 Å². The van der Waals surface area contributed by atoms with Gasteiger partial charge in [-0.1, -0.05) is 0 Å². The molecule has 0 aliphatic rings. The van der Waals surface area contributed by atoms with Crippen molar-refractivity contribution < 1.29 is 18.7 Å². The highest BCUT2D eigenvalue weighted by Crippen LogP contribution is 2.29. The van der Waals surface area contributed by atoms with Crippen molar-refractivity contribution in [2.45, 2.75) is 6.92 Å². The van der Waals surface area contributed by atoms with Crippen molar-refractivity contribution in [3.63, 3.8) is 0 Å². The van der Waals surface area contributed by atoms with Crippen LogP contribution in [0.15, 0.2) is 12.1 Å². The molecule has 1 aromatic carbocycles. The van der Waals surface area contributed by atoms with E-state index < -0.39 is 11.8 Å². The van der Waals surface area contributed by atoms with Crippen LogP contribution >= 0.6 is 0 Å². The average molecular weight is 237 g/mol. The summed E-state index contributed by atoms with van der Waals surface area (Å²) in [6.45, 7) is 1.69. The van der Waals surface area contributed by atoms with Crippen LogP contribution in [0.3, 0.4) is 0 Å². The van der Waals surface area contributed by atoms with Crippen molar-refractivity contribution >= 4 is 16.9 Å². The molecular weight excluding hydrogens is 225 g/mol. The monoisotopic (exact) mass is 237 g/mol. The van der Waals surface area contributed by atoms with E-state index in [1.165, 1.54) is 20.3 Å². The largest absolute Gasteiger partial charge is 0.497 e. The first-order chi connectivity index (χ1) is 8.08. The van der Waals surface area contributed by atoms with E-state index in [0.29, 0.717) is 22.4 Å². The predicted octanol–water partition coefficient (Wildman–Crippen LogP) is 2.41. The van der Waals surface area contributed by atoms with Crippen LogP contribution in [0.5, 0.6) is 5.75 Å². The van der Waals surface area contributed by atoms with Crippen molar-refractivity contribution in [3.05, 3.63) is 29.2 Å². The minimum Gasteiger partial charge on any atom is -0.497 e.